The second kappa shape index (κ2) is 4.99. The summed E-state index contributed by atoms with van der Waals surface area (Å²) in [5.74, 6) is 2.14. The van der Waals surface area contributed by atoms with Crippen molar-refractivity contribution in [3.8, 4) is 5.88 Å². The predicted molar refractivity (Wildman–Crippen MR) is 66.2 cm³/mol. The maximum absolute atomic E-state index is 5.12. The minimum absolute atomic E-state index is 0.413. The third-order valence-electron chi connectivity index (χ3n) is 2.59. The van der Waals surface area contributed by atoms with E-state index in [1.165, 1.54) is 0 Å². The highest BCUT2D eigenvalue weighted by Gasteiger charge is 2.08. The fourth-order valence-corrected chi connectivity index (χ4v) is 1.79. The van der Waals surface area contributed by atoms with Gasteiger partial charge in [-0.1, -0.05) is 19.9 Å². The van der Waals surface area contributed by atoms with E-state index in [1.54, 1.807) is 7.11 Å². The van der Waals surface area contributed by atoms with Crippen LogP contribution in [0.25, 0.3) is 0 Å². The first-order valence-electron chi connectivity index (χ1n) is 5.71. The second-order valence-corrected chi connectivity index (χ2v) is 4.24. The highest BCUT2D eigenvalue weighted by Crippen LogP contribution is 2.14. The Labute approximate surface area is 101 Å². The molecular weight excluding hydrogens is 214 g/mol. The van der Waals surface area contributed by atoms with Crippen LogP contribution in [0.15, 0.2) is 30.6 Å². The molecule has 0 saturated carbocycles. The maximum atomic E-state index is 5.12. The molecule has 0 aromatic carbocycles. The van der Waals surface area contributed by atoms with Crippen molar-refractivity contribution in [1.29, 1.82) is 0 Å². The molecule has 0 aliphatic rings. The number of hydrogen-bond acceptors (Lipinski definition) is 3. The number of methoxy groups -OCH3 is 1. The number of imidazole rings is 1. The van der Waals surface area contributed by atoms with Crippen molar-refractivity contribution in [3.63, 3.8) is 0 Å². The van der Waals surface area contributed by atoms with Crippen LogP contribution in [0.3, 0.4) is 0 Å². The summed E-state index contributed by atoms with van der Waals surface area (Å²) >= 11 is 0. The standard InChI is InChI=1S/C13H17N3O/c1-10(2)13-14-7-8-16(13)9-11-5-4-6-12(15-11)17-3/h4-8,10H,9H2,1-3H3. The Hall–Kier alpha value is -1.84. The lowest BCUT2D eigenvalue weighted by Crippen LogP contribution is -2.07. The molecule has 2 aromatic rings. The smallest absolute Gasteiger partial charge is 0.213 e. The molecule has 0 amide bonds. The average Bonchev–Trinajstić information content (AvgIpc) is 2.77. The van der Waals surface area contributed by atoms with Gasteiger partial charge >= 0.3 is 0 Å². The fourth-order valence-electron chi connectivity index (χ4n) is 1.79. The van der Waals surface area contributed by atoms with Gasteiger partial charge in [-0.25, -0.2) is 9.97 Å². The van der Waals surface area contributed by atoms with Crippen LogP contribution in [0, 0.1) is 0 Å². The predicted octanol–water partition coefficient (Wildman–Crippen LogP) is 2.46. The summed E-state index contributed by atoms with van der Waals surface area (Å²) in [7, 11) is 1.63. The van der Waals surface area contributed by atoms with Crippen molar-refractivity contribution in [1.82, 2.24) is 14.5 Å². The number of rotatable bonds is 4. The summed E-state index contributed by atoms with van der Waals surface area (Å²) in [4.78, 5) is 8.75. The van der Waals surface area contributed by atoms with E-state index in [9.17, 15) is 0 Å². The average molecular weight is 231 g/mol. The molecule has 4 heteroatoms. The number of hydrogen-bond donors (Lipinski definition) is 0. The van der Waals surface area contributed by atoms with Crippen molar-refractivity contribution in [2.75, 3.05) is 7.11 Å². The molecule has 17 heavy (non-hydrogen) atoms. The number of nitrogens with zero attached hydrogens (tertiary/aromatic N) is 3. The quantitative estimate of drug-likeness (QED) is 0.811. The third kappa shape index (κ3) is 2.64. The third-order valence-corrected chi connectivity index (χ3v) is 2.59. The van der Waals surface area contributed by atoms with Crippen LogP contribution in [-0.4, -0.2) is 21.6 Å². The molecule has 0 aliphatic heterocycles. The van der Waals surface area contributed by atoms with Crippen molar-refractivity contribution in [2.45, 2.75) is 26.3 Å². The van der Waals surface area contributed by atoms with E-state index >= 15 is 0 Å². The van der Waals surface area contributed by atoms with Crippen LogP contribution in [0.1, 0.15) is 31.3 Å². The summed E-state index contributed by atoms with van der Waals surface area (Å²) in [6.45, 7) is 5.00. The first-order valence-corrected chi connectivity index (χ1v) is 5.71. The van der Waals surface area contributed by atoms with Gasteiger partial charge in [0.2, 0.25) is 5.88 Å². The zero-order valence-corrected chi connectivity index (χ0v) is 10.4. The fraction of sp³-hybridized carbons (Fsp3) is 0.385. The van der Waals surface area contributed by atoms with Gasteiger partial charge in [-0.05, 0) is 6.07 Å². The molecule has 0 saturated heterocycles. The Kier molecular flexibility index (Phi) is 3.42. The Morgan fingerprint density at radius 1 is 1.35 bits per heavy atom. The maximum Gasteiger partial charge on any atom is 0.213 e. The normalized spacial score (nSPS) is 10.8. The van der Waals surface area contributed by atoms with Crippen molar-refractivity contribution >= 4 is 0 Å². The van der Waals surface area contributed by atoms with Crippen molar-refractivity contribution in [2.24, 2.45) is 0 Å². The molecule has 0 N–H and O–H groups in total. The lowest BCUT2D eigenvalue weighted by Gasteiger charge is -2.10. The van der Waals surface area contributed by atoms with Crippen LogP contribution in [-0.2, 0) is 6.54 Å². The zero-order valence-electron chi connectivity index (χ0n) is 10.4. The van der Waals surface area contributed by atoms with Crippen LogP contribution in [0.4, 0.5) is 0 Å². The van der Waals surface area contributed by atoms with Crippen LogP contribution in [0.2, 0.25) is 0 Å². The molecular formula is C13H17N3O. The summed E-state index contributed by atoms with van der Waals surface area (Å²) in [5.41, 5.74) is 0.976. The molecule has 0 bridgehead atoms. The lowest BCUT2D eigenvalue weighted by molar-refractivity contribution is 0.395. The topological polar surface area (TPSA) is 39.9 Å². The summed E-state index contributed by atoms with van der Waals surface area (Å²) < 4.78 is 7.23. The number of pyridine rings is 1. The summed E-state index contributed by atoms with van der Waals surface area (Å²) in [6, 6.07) is 5.79. The molecule has 2 heterocycles. The van der Waals surface area contributed by atoms with Crippen molar-refractivity contribution < 1.29 is 4.74 Å². The minimum atomic E-state index is 0.413. The Morgan fingerprint density at radius 3 is 2.88 bits per heavy atom. The first kappa shape index (κ1) is 11.6. The van der Waals surface area contributed by atoms with E-state index in [0.29, 0.717) is 11.8 Å². The Bertz CT molecular complexity index is 491. The van der Waals surface area contributed by atoms with E-state index in [2.05, 4.69) is 28.4 Å². The van der Waals surface area contributed by atoms with Crippen molar-refractivity contribution in [3.05, 3.63) is 42.1 Å². The summed E-state index contributed by atoms with van der Waals surface area (Å²) in [6.07, 6.45) is 3.81. The monoisotopic (exact) mass is 231 g/mol. The molecule has 0 unspecified atom stereocenters. The van der Waals surface area contributed by atoms with Gasteiger partial charge in [0.15, 0.2) is 0 Å². The highest BCUT2D eigenvalue weighted by atomic mass is 16.5. The van der Waals surface area contributed by atoms with Gasteiger partial charge in [0.25, 0.3) is 0 Å². The summed E-state index contributed by atoms with van der Waals surface area (Å²) in [5, 5.41) is 0. The molecule has 4 nitrogen and oxygen atoms in total. The minimum Gasteiger partial charge on any atom is -0.481 e. The lowest BCUT2D eigenvalue weighted by atomic mass is 10.2. The van der Waals surface area contributed by atoms with E-state index in [-0.39, 0.29) is 0 Å². The van der Waals surface area contributed by atoms with Crippen LogP contribution < -0.4 is 4.74 Å². The Balaban J connectivity index is 2.22. The van der Waals surface area contributed by atoms with Gasteiger partial charge in [-0.2, -0.15) is 0 Å². The number of ether oxygens (including phenoxy) is 1. The van der Waals surface area contributed by atoms with Gasteiger partial charge in [0.05, 0.1) is 19.3 Å². The molecule has 2 rings (SSSR count). The molecule has 0 radical (unpaired) electrons. The largest absolute Gasteiger partial charge is 0.481 e. The molecule has 0 aliphatic carbocycles. The SMILES string of the molecule is COc1cccc(Cn2ccnc2C(C)C)n1. The van der Waals surface area contributed by atoms with E-state index in [1.807, 2.05) is 30.6 Å². The van der Waals surface area contributed by atoms with Crippen LogP contribution in [0.5, 0.6) is 5.88 Å². The van der Waals surface area contributed by atoms with Gasteiger partial charge in [-0.15, -0.1) is 0 Å². The van der Waals surface area contributed by atoms with Gasteiger partial charge in [0, 0.05) is 24.4 Å². The molecule has 0 fully saturated rings. The van der Waals surface area contributed by atoms with E-state index < -0.39 is 0 Å². The first-order chi connectivity index (χ1) is 8.20. The van der Waals surface area contributed by atoms with E-state index in [4.69, 9.17) is 4.74 Å². The molecule has 2 aromatic heterocycles. The van der Waals surface area contributed by atoms with Gasteiger partial charge in [-0.3, -0.25) is 0 Å². The van der Waals surface area contributed by atoms with Crippen LogP contribution >= 0.6 is 0 Å². The number of aromatic nitrogens is 3. The highest BCUT2D eigenvalue weighted by molar-refractivity contribution is 5.16. The zero-order chi connectivity index (χ0) is 12.3. The van der Waals surface area contributed by atoms with Gasteiger partial charge < -0.3 is 9.30 Å². The molecule has 0 atom stereocenters. The van der Waals surface area contributed by atoms with Gasteiger partial charge in [0.1, 0.15) is 5.82 Å². The Morgan fingerprint density at radius 2 is 2.18 bits per heavy atom. The van der Waals surface area contributed by atoms with E-state index in [0.717, 1.165) is 18.1 Å². The second-order valence-electron chi connectivity index (χ2n) is 4.24. The molecule has 0 spiro atoms. The molecule has 90 valence electrons.